The summed E-state index contributed by atoms with van der Waals surface area (Å²) in [6.45, 7) is 3.19. The lowest BCUT2D eigenvalue weighted by atomic mass is 10.1. The predicted molar refractivity (Wildman–Crippen MR) is 126 cm³/mol. The van der Waals surface area contributed by atoms with Gasteiger partial charge in [-0.25, -0.2) is 0 Å². The van der Waals surface area contributed by atoms with Gasteiger partial charge in [-0.3, -0.25) is 4.79 Å². The van der Waals surface area contributed by atoms with E-state index < -0.39 is 0 Å². The van der Waals surface area contributed by atoms with Crippen LogP contribution in [-0.2, 0) is 19.6 Å². The summed E-state index contributed by atoms with van der Waals surface area (Å²) in [5.74, 6) is 1.44. The lowest BCUT2D eigenvalue weighted by Gasteiger charge is -2.10. The molecular weight excluding hydrogens is 400 g/mol. The molecule has 4 aromatic rings. The first-order chi connectivity index (χ1) is 15.8. The molecule has 32 heavy (non-hydrogen) atoms. The van der Waals surface area contributed by atoms with Crippen LogP contribution in [-0.4, -0.2) is 30.0 Å². The molecule has 1 N–H and O–H groups in total. The molecule has 0 saturated carbocycles. The number of hydrogen-bond donors (Lipinski definition) is 1. The number of carbonyl (C=O) groups excluding carboxylic acids is 1. The largest absolute Gasteiger partial charge is 0.489 e. The summed E-state index contributed by atoms with van der Waals surface area (Å²) >= 11 is 0. The number of ether oxygens (including phenoxy) is 2. The van der Waals surface area contributed by atoms with Crippen LogP contribution in [0.5, 0.6) is 11.5 Å². The van der Waals surface area contributed by atoms with Crippen molar-refractivity contribution < 1.29 is 14.3 Å². The van der Waals surface area contributed by atoms with E-state index in [4.69, 9.17) is 9.47 Å². The minimum absolute atomic E-state index is 0.0126. The summed E-state index contributed by atoms with van der Waals surface area (Å²) in [6, 6.07) is 25.6. The number of Topliss-reactive ketones (excluding diaryl/α,β-unsaturated/α-hetero) is 1. The Morgan fingerprint density at radius 2 is 1.56 bits per heavy atom. The summed E-state index contributed by atoms with van der Waals surface area (Å²) in [4.78, 5) is 13.2. The maximum Gasteiger partial charge on any atom is 0.202 e. The highest BCUT2D eigenvalue weighted by atomic mass is 16.5. The van der Waals surface area contributed by atoms with Crippen molar-refractivity contribution in [3.05, 3.63) is 95.7 Å². The number of para-hydroxylation sites is 1. The molecule has 0 spiro atoms. The lowest BCUT2D eigenvalue weighted by molar-refractivity contribution is 0.0922. The first-order valence-electron chi connectivity index (χ1n) is 11.0. The van der Waals surface area contributed by atoms with Gasteiger partial charge in [0.15, 0.2) is 6.61 Å². The van der Waals surface area contributed by atoms with Gasteiger partial charge in [0.25, 0.3) is 0 Å². The van der Waals surface area contributed by atoms with Crippen LogP contribution in [0.15, 0.2) is 78.9 Å². The van der Waals surface area contributed by atoms with Crippen LogP contribution in [0.3, 0.4) is 0 Å². The normalized spacial score (nSPS) is 13.4. The van der Waals surface area contributed by atoms with E-state index in [1.165, 1.54) is 0 Å². The van der Waals surface area contributed by atoms with Crippen molar-refractivity contribution in [2.75, 3.05) is 19.7 Å². The molecule has 3 aromatic carbocycles. The molecule has 1 aliphatic rings. The van der Waals surface area contributed by atoms with E-state index in [-0.39, 0.29) is 12.4 Å². The third-order valence-electron chi connectivity index (χ3n) is 5.85. The molecule has 0 aliphatic carbocycles. The van der Waals surface area contributed by atoms with Crippen LogP contribution < -0.4 is 14.8 Å². The van der Waals surface area contributed by atoms with Crippen LogP contribution in [0.1, 0.15) is 21.6 Å². The molecule has 0 atom stereocenters. The maximum atomic E-state index is 13.2. The molecule has 1 aromatic heterocycles. The van der Waals surface area contributed by atoms with Gasteiger partial charge in [0.2, 0.25) is 5.78 Å². The van der Waals surface area contributed by atoms with Crippen LogP contribution in [0.4, 0.5) is 0 Å². The van der Waals surface area contributed by atoms with Gasteiger partial charge in [0.05, 0.1) is 5.56 Å². The first-order valence-corrected chi connectivity index (χ1v) is 11.0. The topological polar surface area (TPSA) is 52.5 Å². The summed E-state index contributed by atoms with van der Waals surface area (Å²) < 4.78 is 14.0. The van der Waals surface area contributed by atoms with E-state index in [0.717, 1.165) is 59.5 Å². The highest BCUT2D eigenvalue weighted by Crippen LogP contribution is 2.28. The molecule has 162 valence electrons. The minimum Gasteiger partial charge on any atom is -0.489 e. The number of nitrogens with one attached hydrogen (secondary N) is 1. The van der Waals surface area contributed by atoms with Crippen molar-refractivity contribution in [3.8, 4) is 11.5 Å². The molecule has 0 radical (unpaired) electrons. The van der Waals surface area contributed by atoms with E-state index in [9.17, 15) is 4.79 Å². The SMILES string of the molecule is O=C(COc1ccc(OCc2ccccc2)cc1)c1c2n(c3ccccc13)CCNCC2. The van der Waals surface area contributed by atoms with Crippen LogP contribution >= 0.6 is 0 Å². The van der Waals surface area contributed by atoms with Crippen LogP contribution in [0, 0.1) is 0 Å². The molecule has 2 heterocycles. The molecular formula is C27H26N2O3. The van der Waals surface area contributed by atoms with Gasteiger partial charge in [-0.15, -0.1) is 0 Å². The van der Waals surface area contributed by atoms with Crippen molar-refractivity contribution in [1.29, 1.82) is 0 Å². The van der Waals surface area contributed by atoms with E-state index in [2.05, 4.69) is 16.0 Å². The fourth-order valence-electron chi connectivity index (χ4n) is 4.30. The Morgan fingerprint density at radius 1 is 0.844 bits per heavy atom. The zero-order valence-corrected chi connectivity index (χ0v) is 17.9. The van der Waals surface area contributed by atoms with Crippen LogP contribution in [0.25, 0.3) is 10.9 Å². The molecule has 0 amide bonds. The Bertz CT molecular complexity index is 1210. The standard InChI is InChI=1S/C27H26N2O3/c30-26(27-23-8-4-5-9-24(23)29-17-16-28-15-14-25(27)29)19-32-22-12-10-21(11-13-22)31-18-20-6-2-1-3-7-20/h1-13,28H,14-19H2. The Balaban J connectivity index is 1.27. The second-order valence-corrected chi connectivity index (χ2v) is 7.95. The molecule has 1 aliphatic heterocycles. The summed E-state index contributed by atoms with van der Waals surface area (Å²) in [6.07, 6.45) is 0.837. The second kappa shape index (κ2) is 9.28. The van der Waals surface area contributed by atoms with E-state index in [1.54, 1.807) is 0 Å². The minimum atomic E-state index is 0.0126. The highest BCUT2D eigenvalue weighted by molar-refractivity contribution is 6.10. The number of fused-ring (bicyclic) bond motifs is 3. The number of rotatable bonds is 7. The van der Waals surface area contributed by atoms with Gasteiger partial charge in [-0.2, -0.15) is 0 Å². The van der Waals surface area contributed by atoms with Gasteiger partial charge >= 0.3 is 0 Å². The summed E-state index contributed by atoms with van der Waals surface area (Å²) in [5, 5.41) is 4.44. The van der Waals surface area contributed by atoms with E-state index in [1.807, 2.05) is 72.8 Å². The summed E-state index contributed by atoms with van der Waals surface area (Å²) in [5.41, 5.74) is 4.14. The van der Waals surface area contributed by atoms with E-state index >= 15 is 0 Å². The zero-order valence-electron chi connectivity index (χ0n) is 17.9. The lowest BCUT2D eigenvalue weighted by Crippen LogP contribution is -2.17. The average Bonchev–Trinajstić information content (AvgIpc) is 2.97. The van der Waals surface area contributed by atoms with Gasteiger partial charge in [-0.05, 0) is 35.9 Å². The molecule has 5 heteroatoms. The Morgan fingerprint density at radius 3 is 2.38 bits per heavy atom. The monoisotopic (exact) mass is 426 g/mol. The van der Waals surface area contributed by atoms with Gasteiger partial charge in [-0.1, -0.05) is 48.5 Å². The third-order valence-corrected chi connectivity index (χ3v) is 5.85. The fourth-order valence-corrected chi connectivity index (χ4v) is 4.30. The smallest absolute Gasteiger partial charge is 0.202 e. The van der Waals surface area contributed by atoms with Gasteiger partial charge < -0.3 is 19.4 Å². The molecule has 0 saturated heterocycles. The van der Waals surface area contributed by atoms with Crippen molar-refractivity contribution in [2.24, 2.45) is 0 Å². The molecule has 0 fully saturated rings. The average molecular weight is 427 g/mol. The van der Waals surface area contributed by atoms with E-state index in [0.29, 0.717) is 12.4 Å². The Hall–Kier alpha value is -3.57. The van der Waals surface area contributed by atoms with Crippen molar-refractivity contribution in [2.45, 2.75) is 19.6 Å². The number of benzene rings is 3. The quantitative estimate of drug-likeness (QED) is 0.438. The van der Waals surface area contributed by atoms with Crippen molar-refractivity contribution >= 4 is 16.7 Å². The Labute approximate surface area is 187 Å². The number of hydrogen-bond acceptors (Lipinski definition) is 4. The molecule has 5 nitrogen and oxygen atoms in total. The third kappa shape index (κ3) is 4.25. The maximum absolute atomic E-state index is 13.2. The molecule has 0 unspecified atom stereocenters. The first kappa shape index (κ1) is 20.3. The molecule has 0 bridgehead atoms. The number of carbonyl (C=O) groups is 1. The number of aromatic nitrogens is 1. The molecule has 5 rings (SSSR count). The number of nitrogens with zero attached hydrogens (tertiary/aromatic N) is 1. The van der Waals surface area contributed by atoms with Crippen molar-refractivity contribution in [1.82, 2.24) is 9.88 Å². The highest BCUT2D eigenvalue weighted by Gasteiger charge is 2.23. The van der Waals surface area contributed by atoms with Crippen molar-refractivity contribution in [3.63, 3.8) is 0 Å². The van der Waals surface area contributed by atoms with Gasteiger partial charge in [0, 0.05) is 42.7 Å². The summed E-state index contributed by atoms with van der Waals surface area (Å²) in [7, 11) is 0. The van der Waals surface area contributed by atoms with Crippen LogP contribution in [0.2, 0.25) is 0 Å². The number of ketones is 1. The van der Waals surface area contributed by atoms with Gasteiger partial charge in [0.1, 0.15) is 18.1 Å². The fraction of sp³-hybridized carbons (Fsp3) is 0.222. The Kier molecular flexibility index (Phi) is 5.90. The zero-order chi connectivity index (χ0) is 21.8. The predicted octanol–water partition coefficient (Wildman–Crippen LogP) is 4.63. The second-order valence-electron chi connectivity index (χ2n) is 7.95.